The summed E-state index contributed by atoms with van der Waals surface area (Å²) in [5, 5.41) is 3.92. The molecular formula is C33H44N6O4. The molecule has 1 saturated heterocycles. The van der Waals surface area contributed by atoms with Crippen molar-refractivity contribution in [3.05, 3.63) is 51.6 Å². The topological polar surface area (TPSA) is 119 Å². The van der Waals surface area contributed by atoms with E-state index in [1.165, 1.54) is 6.92 Å². The van der Waals surface area contributed by atoms with Crippen LogP contribution in [0.5, 0.6) is 0 Å². The Hall–Kier alpha value is -3.82. The maximum Gasteiger partial charge on any atom is 0.410 e. The predicted molar refractivity (Wildman–Crippen MR) is 167 cm³/mol. The highest BCUT2D eigenvalue weighted by Crippen LogP contribution is 2.34. The van der Waals surface area contributed by atoms with E-state index in [0.717, 1.165) is 57.1 Å². The number of aryl methyl sites for hydroxylation is 1. The van der Waals surface area contributed by atoms with Crippen LogP contribution in [0.2, 0.25) is 0 Å². The number of carbonyl (C=O) groups excluding carboxylic acids is 2. The third kappa shape index (κ3) is 6.73. The van der Waals surface area contributed by atoms with Gasteiger partial charge in [0.15, 0.2) is 5.78 Å². The Labute approximate surface area is 253 Å². The van der Waals surface area contributed by atoms with Gasteiger partial charge in [0, 0.05) is 36.9 Å². The van der Waals surface area contributed by atoms with Crippen molar-refractivity contribution in [1.82, 2.24) is 24.4 Å². The lowest BCUT2D eigenvalue weighted by atomic mass is 9.83. The summed E-state index contributed by atoms with van der Waals surface area (Å²) in [5.74, 6) is 1.46. The average molecular weight is 589 g/mol. The summed E-state index contributed by atoms with van der Waals surface area (Å²) in [4.78, 5) is 54.2. The molecule has 0 aromatic carbocycles. The number of Topliss-reactive ketones (excluding diaryl/α,β-unsaturated/α-hetero) is 1. The van der Waals surface area contributed by atoms with E-state index >= 15 is 0 Å². The van der Waals surface area contributed by atoms with Gasteiger partial charge in [0.1, 0.15) is 17.1 Å². The molecule has 0 radical (unpaired) electrons. The molecule has 10 heteroatoms. The second-order valence-electron chi connectivity index (χ2n) is 13.1. The van der Waals surface area contributed by atoms with Crippen LogP contribution >= 0.6 is 0 Å². The fraction of sp³-hybridized carbons (Fsp3) is 0.576. The van der Waals surface area contributed by atoms with Crippen LogP contribution in [-0.4, -0.2) is 55.0 Å². The van der Waals surface area contributed by atoms with Crippen molar-refractivity contribution in [3.63, 3.8) is 0 Å². The second kappa shape index (κ2) is 12.4. The van der Waals surface area contributed by atoms with Gasteiger partial charge < -0.3 is 15.0 Å². The van der Waals surface area contributed by atoms with Crippen LogP contribution in [0.25, 0.3) is 11.0 Å². The summed E-state index contributed by atoms with van der Waals surface area (Å²) >= 11 is 0. The molecule has 230 valence electrons. The number of rotatable bonds is 6. The lowest BCUT2D eigenvalue weighted by molar-refractivity contribution is 0.0254. The Balaban J connectivity index is 1.32. The van der Waals surface area contributed by atoms with Crippen molar-refractivity contribution < 1.29 is 14.3 Å². The molecular weight excluding hydrogens is 544 g/mol. The van der Waals surface area contributed by atoms with Crippen LogP contribution in [0.1, 0.15) is 113 Å². The lowest BCUT2D eigenvalue weighted by Gasteiger charge is -2.27. The minimum atomic E-state index is -0.497. The van der Waals surface area contributed by atoms with E-state index in [4.69, 9.17) is 9.72 Å². The van der Waals surface area contributed by atoms with Gasteiger partial charge in [0.2, 0.25) is 5.95 Å². The van der Waals surface area contributed by atoms with E-state index in [2.05, 4.69) is 28.3 Å². The third-order valence-electron chi connectivity index (χ3n) is 8.93. The van der Waals surface area contributed by atoms with Gasteiger partial charge in [-0.25, -0.2) is 14.8 Å². The summed E-state index contributed by atoms with van der Waals surface area (Å²) in [6, 6.07) is 4.03. The number of aromatic nitrogens is 4. The monoisotopic (exact) mass is 588 g/mol. The van der Waals surface area contributed by atoms with Gasteiger partial charge >= 0.3 is 6.09 Å². The molecule has 0 bridgehead atoms. The normalized spacial score (nSPS) is 18.8. The Morgan fingerprint density at radius 1 is 1.02 bits per heavy atom. The summed E-state index contributed by atoms with van der Waals surface area (Å²) in [6.07, 6.45) is 10.1. The van der Waals surface area contributed by atoms with E-state index < -0.39 is 5.60 Å². The molecule has 2 atom stereocenters. The zero-order valence-electron chi connectivity index (χ0n) is 26.3. The van der Waals surface area contributed by atoms with E-state index in [1.54, 1.807) is 17.7 Å². The minimum Gasteiger partial charge on any atom is -0.444 e. The van der Waals surface area contributed by atoms with Gasteiger partial charge in [0.05, 0.1) is 5.56 Å². The number of fused-ring (bicyclic) bond motifs is 1. The Bertz CT molecular complexity index is 1550. The molecule has 2 fully saturated rings. The summed E-state index contributed by atoms with van der Waals surface area (Å²) in [5.41, 5.74) is 1.78. The number of likely N-dealkylation sites (tertiary alicyclic amines) is 1. The molecule has 3 aromatic rings. The van der Waals surface area contributed by atoms with Crippen LogP contribution in [0.15, 0.2) is 29.3 Å². The van der Waals surface area contributed by atoms with E-state index in [9.17, 15) is 14.4 Å². The predicted octanol–water partition coefficient (Wildman–Crippen LogP) is 6.70. The van der Waals surface area contributed by atoms with Gasteiger partial charge in [-0.15, -0.1) is 0 Å². The summed E-state index contributed by atoms with van der Waals surface area (Å²) in [6.45, 7) is 12.6. The lowest BCUT2D eigenvalue weighted by Crippen LogP contribution is -2.37. The largest absolute Gasteiger partial charge is 0.444 e. The van der Waals surface area contributed by atoms with E-state index in [0.29, 0.717) is 40.8 Å². The van der Waals surface area contributed by atoms with Gasteiger partial charge in [-0.1, -0.05) is 25.8 Å². The number of pyridine rings is 2. The van der Waals surface area contributed by atoms with E-state index in [-0.39, 0.29) is 35.0 Å². The van der Waals surface area contributed by atoms with Crippen LogP contribution in [0.3, 0.4) is 0 Å². The molecule has 3 aromatic heterocycles. The van der Waals surface area contributed by atoms with Crippen LogP contribution in [0.4, 0.5) is 16.6 Å². The number of carbonyl (C=O) groups is 2. The fourth-order valence-corrected chi connectivity index (χ4v) is 6.58. The molecule has 1 N–H and O–H groups in total. The quantitative estimate of drug-likeness (QED) is 0.316. The fourth-order valence-electron chi connectivity index (χ4n) is 6.58. The highest BCUT2D eigenvalue weighted by atomic mass is 16.6. The highest BCUT2D eigenvalue weighted by Gasteiger charge is 2.29. The van der Waals surface area contributed by atoms with Crippen molar-refractivity contribution in [2.45, 2.75) is 104 Å². The van der Waals surface area contributed by atoms with Gasteiger partial charge in [-0.2, -0.15) is 4.98 Å². The van der Waals surface area contributed by atoms with E-state index in [1.807, 2.05) is 37.9 Å². The number of hydrogen-bond acceptors (Lipinski definition) is 8. The van der Waals surface area contributed by atoms with Gasteiger partial charge in [-0.3, -0.25) is 14.2 Å². The first-order valence-corrected chi connectivity index (χ1v) is 15.6. The molecule has 43 heavy (non-hydrogen) atoms. The molecule has 1 amide bonds. The van der Waals surface area contributed by atoms with Crippen molar-refractivity contribution in [1.29, 1.82) is 0 Å². The number of ketones is 1. The number of hydrogen-bond donors (Lipinski definition) is 1. The number of anilines is 2. The summed E-state index contributed by atoms with van der Waals surface area (Å²) in [7, 11) is 0. The number of amides is 1. The first-order chi connectivity index (χ1) is 20.4. The summed E-state index contributed by atoms with van der Waals surface area (Å²) < 4.78 is 7.30. The molecule has 2 aliphatic rings. The zero-order valence-corrected chi connectivity index (χ0v) is 26.3. The Morgan fingerprint density at radius 2 is 1.77 bits per heavy atom. The van der Waals surface area contributed by atoms with Gasteiger partial charge in [0.25, 0.3) is 5.56 Å². The highest BCUT2D eigenvalue weighted by molar-refractivity contribution is 5.99. The van der Waals surface area contributed by atoms with Gasteiger partial charge in [-0.05, 0) is 95.8 Å². The van der Waals surface area contributed by atoms with Crippen molar-refractivity contribution >= 4 is 34.7 Å². The molecule has 4 heterocycles. The first kappa shape index (κ1) is 30.6. The number of ether oxygens (including phenoxy) is 1. The second-order valence-corrected chi connectivity index (χ2v) is 13.1. The standard InChI is InChI=1S/C33H44N6O4/c1-20(23-10-9-16-38(17-15-23)32(42)43-33(4,5)6)24-13-14-27(34-18-24)36-31-35-19-26-21(2)28(22(3)40)30(41)39(29(26)37-31)25-11-7-8-12-25/h13-14,18-20,23,25H,7-12,15-17H2,1-6H3,(H,34,35,36,37). The molecule has 1 aliphatic heterocycles. The van der Waals surface area contributed by atoms with Crippen molar-refractivity contribution in [3.8, 4) is 0 Å². The third-order valence-corrected chi connectivity index (χ3v) is 8.93. The number of nitrogens with one attached hydrogen (secondary N) is 1. The smallest absolute Gasteiger partial charge is 0.410 e. The van der Waals surface area contributed by atoms with Crippen LogP contribution in [-0.2, 0) is 4.74 Å². The minimum absolute atomic E-state index is 0.0237. The maximum atomic E-state index is 13.5. The average Bonchev–Trinajstić information content (AvgIpc) is 3.35. The van der Waals surface area contributed by atoms with Crippen LogP contribution < -0.4 is 10.9 Å². The van der Waals surface area contributed by atoms with Crippen LogP contribution in [0, 0.1) is 12.8 Å². The molecule has 10 nitrogen and oxygen atoms in total. The molecule has 1 aliphatic carbocycles. The Kier molecular flexibility index (Phi) is 8.85. The van der Waals surface area contributed by atoms with Crippen molar-refractivity contribution in [2.24, 2.45) is 5.92 Å². The zero-order chi connectivity index (χ0) is 30.9. The van der Waals surface area contributed by atoms with Crippen molar-refractivity contribution in [2.75, 3.05) is 18.4 Å². The molecule has 2 unspecified atom stereocenters. The molecule has 1 saturated carbocycles. The first-order valence-electron chi connectivity index (χ1n) is 15.6. The SMILES string of the molecule is CC(=O)c1c(C)c2cnc(Nc3ccc(C(C)C4CCCN(C(=O)OC(C)(C)C)CC4)cn3)nc2n(C2CCCC2)c1=O. The molecule has 0 spiro atoms. The maximum absolute atomic E-state index is 13.5. The molecule has 5 rings (SSSR count). The Morgan fingerprint density at radius 3 is 2.42 bits per heavy atom. The number of nitrogens with zero attached hydrogens (tertiary/aromatic N) is 5.